The summed E-state index contributed by atoms with van der Waals surface area (Å²) in [6, 6.07) is 16.2. The highest BCUT2D eigenvalue weighted by Crippen LogP contribution is 2.23. The fraction of sp³-hybridized carbons (Fsp3) is 0.148. The number of esters is 1. The molecule has 1 aromatic heterocycles. The van der Waals surface area contributed by atoms with E-state index in [1.165, 1.54) is 35.9 Å². The molecule has 4 rings (SSSR count). The molecule has 3 aromatic carbocycles. The number of para-hydroxylation sites is 2. The van der Waals surface area contributed by atoms with Crippen molar-refractivity contribution in [3.05, 3.63) is 106 Å². The first kappa shape index (κ1) is 28.2. The minimum atomic E-state index is -4.41. The van der Waals surface area contributed by atoms with Crippen LogP contribution in [0.2, 0.25) is 0 Å². The Hall–Kier alpha value is -4.78. The van der Waals surface area contributed by atoms with E-state index in [-0.39, 0.29) is 16.9 Å². The van der Waals surface area contributed by atoms with E-state index in [0.717, 1.165) is 6.07 Å². The third-order valence-corrected chi connectivity index (χ3v) is 7.41. The van der Waals surface area contributed by atoms with E-state index in [1.54, 1.807) is 49.0 Å². The van der Waals surface area contributed by atoms with Crippen molar-refractivity contribution in [1.29, 1.82) is 0 Å². The molecule has 4 aromatic rings. The predicted octanol–water partition coefficient (Wildman–Crippen LogP) is 3.75. The number of nitrogens with one attached hydrogen (secondary N) is 2. The van der Waals surface area contributed by atoms with Gasteiger partial charge in [-0.15, -0.1) is 0 Å². The van der Waals surface area contributed by atoms with Crippen molar-refractivity contribution in [2.75, 3.05) is 10.0 Å². The van der Waals surface area contributed by atoms with E-state index < -0.39 is 50.1 Å². The topological polar surface area (TPSA) is 128 Å². The summed E-state index contributed by atoms with van der Waals surface area (Å²) in [7, 11) is -2.76. The van der Waals surface area contributed by atoms with Gasteiger partial charge in [-0.2, -0.15) is 0 Å². The van der Waals surface area contributed by atoms with Crippen LogP contribution >= 0.6 is 0 Å². The molecule has 0 radical (unpaired) electrons. The average molecular weight is 571 g/mol. The van der Waals surface area contributed by atoms with Gasteiger partial charge in [0.2, 0.25) is 0 Å². The van der Waals surface area contributed by atoms with Gasteiger partial charge in [0, 0.05) is 7.05 Å². The Morgan fingerprint density at radius 1 is 0.950 bits per heavy atom. The van der Waals surface area contributed by atoms with Gasteiger partial charge in [0.25, 0.3) is 21.5 Å². The smallest absolute Gasteiger partial charge is 0.341 e. The number of hydrogen-bond donors (Lipinski definition) is 2. The molecule has 0 unspecified atom stereocenters. The van der Waals surface area contributed by atoms with Crippen LogP contribution in [0, 0.1) is 18.6 Å². The van der Waals surface area contributed by atoms with E-state index in [1.807, 2.05) is 0 Å². The van der Waals surface area contributed by atoms with Crippen molar-refractivity contribution >= 4 is 33.3 Å². The lowest BCUT2D eigenvalue weighted by Crippen LogP contribution is -2.32. The number of rotatable bonds is 8. The molecule has 0 bridgehead atoms. The van der Waals surface area contributed by atoms with Crippen molar-refractivity contribution in [1.82, 2.24) is 9.36 Å². The van der Waals surface area contributed by atoms with Crippen LogP contribution in [0.1, 0.15) is 23.0 Å². The first-order valence-electron chi connectivity index (χ1n) is 11.8. The van der Waals surface area contributed by atoms with Crippen LogP contribution < -0.4 is 15.6 Å². The predicted molar refractivity (Wildman–Crippen MR) is 143 cm³/mol. The van der Waals surface area contributed by atoms with Crippen molar-refractivity contribution in [3.8, 4) is 5.69 Å². The zero-order valence-electron chi connectivity index (χ0n) is 21.5. The number of carbonyl (C=O) groups is 2. The lowest BCUT2D eigenvalue weighted by molar-refractivity contribution is -0.123. The van der Waals surface area contributed by atoms with Crippen LogP contribution in [0.4, 0.5) is 20.2 Å². The standard InChI is InChI=1S/C27H24F2N4O6S/c1-16-24(26(35)33(32(16)3)18-9-5-4-6-10-18)30-25(34)17(2)39-27(36)20-11-7-8-12-23(20)31-40(37,38)19-13-14-21(28)22(29)15-19/h4-15,17,31H,1-3H3,(H,30,34)/t17-/m0/s1. The van der Waals surface area contributed by atoms with Crippen molar-refractivity contribution < 1.29 is 31.5 Å². The monoisotopic (exact) mass is 570 g/mol. The van der Waals surface area contributed by atoms with E-state index in [0.29, 0.717) is 23.5 Å². The Balaban J connectivity index is 1.51. The van der Waals surface area contributed by atoms with E-state index in [9.17, 15) is 31.6 Å². The molecule has 1 amide bonds. The fourth-order valence-corrected chi connectivity index (χ4v) is 4.90. The molecule has 0 aliphatic carbocycles. The van der Waals surface area contributed by atoms with Crippen molar-refractivity contribution in [3.63, 3.8) is 0 Å². The van der Waals surface area contributed by atoms with Gasteiger partial charge in [-0.3, -0.25) is 19.0 Å². The summed E-state index contributed by atoms with van der Waals surface area (Å²) in [6.07, 6.45) is -1.38. The molecule has 0 saturated carbocycles. The molecule has 1 atom stereocenters. The quantitative estimate of drug-likeness (QED) is 0.311. The first-order valence-corrected chi connectivity index (χ1v) is 13.3. The second-order valence-corrected chi connectivity index (χ2v) is 10.4. The normalized spacial score (nSPS) is 12.0. The van der Waals surface area contributed by atoms with Gasteiger partial charge >= 0.3 is 5.97 Å². The third-order valence-electron chi connectivity index (χ3n) is 6.05. The van der Waals surface area contributed by atoms with E-state index >= 15 is 0 Å². The Labute approximate surface area is 227 Å². The van der Waals surface area contributed by atoms with Crippen LogP contribution in [-0.4, -0.2) is 35.8 Å². The summed E-state index contributed by atoms with van der Waals surface area (Å²) in [5, 5.41) is 2.50. The van der Waals surface area contributed by atoms with Gasteiger partial charge in [0.1, 0.15) is 5.69 Å². The second kappa shape index (κ2) is 11.1. The molecule has 0 aliphatic heterocycles. The minimum Gasteiger partial charge on any atom is -0.449 e. The number of sulfonamides is 1. The number of hydrogen-bond acceptors (Lipinski definition) is 6. The van der Waals surface area contributed by atoms with Gasteiger partial charge in [-0.1, -0.05) is 30.3 Å². The molecule has 40 heavy (non-hydrogen) atoms. The summed E-state index contributed by atoms with van der Waals surface area (Å²) in [5.74, 6) is -4.42. The summed E-state index contributed by atoms with van der Waals surface area (Å²) >= 11 is 0. The van der Waals surface area contributed by atoms with Gasteiger partial charge in [0.05, 0.1) is 27.5 Å². The maximum absolute atomic E-state index is 13.6. The maximum Gasteiger partial charge on any atom is 0.341 e. The largest absolute Gasteiger partial charge is 0.449 e. The molecule has 10 nitrogen and oxygen atoms in total. The Bertz CT molecular complexity index is 1770. The number of ether oxygens (including phenoxy) is 1. The zero-order valence-corrected chi connectivity index (χ0v) is 22.3. The zero-order chi connectivity index (χ0) is 29.2. The molecule has 0 saturated heterocycles. The van der Waals surface area contributed by atoms with Crippen LogP contribution in [-0.2, 0) is 26.6 Å². The van der Waals surface area contributed by atoms with Gasteiger partial charge in [-0.25, -0.2) is 26.7 Å². The maximum atomic E-state index is 13.6. The molecule has 13 heteroatoms. The Morgan fingerprint density at radius 2 is 1.60 bits per heavy atom. The number of aromatic nitrogens is 2. The average Bonchev–Trinajstić information content (AvgIpc) is 3.13. The number of carbonyl (C=O) groups excluding carboxylic acids is 2. The molecule has 0 aliphatic rings. The minimum absolute atomic E-state index is 0.000979. The molecule has 1 heterocycles. The highest BCUT2D eigenvalue weighted by molar-refractivity contribution is 7.92. The second-order valence-electron chi connectivity index (χ2n) is 8.70. The lowest BCUT2D eigenvalue weighted by atomic mass is 10.2. The van der Waals surface area contributed by atoms with Gasteiger partial charge in [-0.05, 0) is 56.3 Å². The van der Waals surface area contributed by atoms with Crippen LogP contribution in [0.3, 0.4) is 0 Å². The van der Waals surface area contributed by atoms with Crippen molar-refractivity contribution in [2.24, 2.45) is 7.05 Å². The number of nitrogens with zero attached hydrogens (tertiary/aromatic N) is 2. The van der Waals surface area contributed by atoms with Crippen molar-refractivity contribution in [2.45, 2.75) is 24.8 Å². The summed E-state index contributed by atoms with van der Waals surface area (Å²) in [6.45, 7) is 2.93. The van der Waals surface area contributed by atoms with Crippen LogP contribution in [0.5, 0.6) is 0 Å². The Morgan fingerprint density at radius 3 is 2.27 bits per heavy atom. The summed E-state index contributed by atoms with van der Waals surface area (Å²) in [5.41, 5.74) is 0.0948. The number of anilines is 2. The first-order chi connectivity index (χ1) is 18.9. The van der Waals surface area contributed by atoms with Gasteiger partial charge in [0.15, 0.2) is 17.7 Å². The van der Waals surface area contributed by atoms with Gasteiger partial charge < -0.3 is 10.1 Å². The summed E-state index contributed by atoms with van der Waals surface area (Å²) < 4.78 is 62.6. The number of amides is 1. The van der Waals surface area contributed by atoms with E-state index in [4.69, 9.17) is 4.74 Å². The van der Waals surface area contributed by atoms with Crippen LogP contribution in [0.25, 0.3) is 5.69 Å². The number of halogens is 2. The number of benzene rings is 3. The highest BCUT2D eigenvalue weighted by Gasteiger charge is 2.26. The Kier molecular flexibility index (Phi) is 7.86. The van der Waals surface area contributed by atoms with Crippen LogP contribution in [0.15, 0.2) is 82.5 Å². The molecular weight excluding hydrogens is 546 g/mol. The fourth-order valence-electron chi connectivity index (χ4n) is 3.81. The summed E-state index contributed by atoms with van der Waals surface area (Å²) in [4.78, 5) is 38.3. The lowest BCUT2D eigenvalue weighted by Gasteiger charge is -2.16. The SMILES string of the molecule is Cc1c(NC(=O)[C@H](C)OC(=O)c2ccccc2NS(=O)(=O)c2ccc(F)c(F)c2)c(=O)n(-c2ccccc2)n1C. The molecular formula is C27H24F2N4O6S. The highest BCUT2D eigenvalue weighted by atomic mass is 32.2. The molecule has 2 N–H and O–H groups in total. The molecule has 208 valence electrons. The molecule has 0 fully saturated rings. The molecule has 0 spiro atoms. The van der Waals surface area contributed by atoms with E-state index in [2.05, 4.69) is 10.0 Å². The third kappa shape index (κ3) is 5.64.